The maximum absolute atomic E-state index is 13.9. The lowest BCUT2D eigenvalue weighted by Crippen LogP contribution is -2.35. The van der Waals surface area contributed by atoms with E-state index in [1.165, 1.54) is 0 Å². The first kappa shape index (κ1) is 17.4. The van der Waals surface area contributed by atoms with Crippen molar-refractivity contribution in [2.24, 2.45) is 0 Å². The first-order valence-corrected chi connectivity index (χ1v) is 8.40. The van der Waals surface area contributed by atoms with Gasteiger partial charge in [0, 0.05) is 48.7 Å². The van der Waals surface area contributed by atoms with Gasteiger partial charge >= 0.3 is 0 Å². The molecule has 8 heteroatoms. The Labute approximate surface area is 152 Å². The fourth-order valence-corrected chi connectivity index (χ4v) is 3.21. The van der Waals surface area contributed by atoms with Crippen LogP contribution in [0.25, 0.3) is 11.4 Å². The van der Waals surface area contributed by atoms with Crippen molar-refractivity contribution in [3.8, 4) is 11.4 Å². The van der Waals surface area contributed by atoms with Crippen LogP contribution < -0.4 is 5.56 Å². The van der Waals surface area contributed by atoms with Crippen LogP contribution in [-0.2, 0) is 19.5 Å². The number of rotatable bonds is 3. The third-order valence-electron chi connectivity index (χ3n) is 4.63. The number of pyridine rings is 1. The third kappa shape index (κ3) is 3.35. The molecule has 1 aliphatic heterocycles. The summed E-state index contributed by atoms with van der Waals surface area (Å²) in [5.41, 5.74) is 1.27. The number of H-pyrrole nitrogens is 1. The predicted molar refractivity (Wildman–Crippen MR) is 92.2 cm³/mol. The number of aromatic nitrogens is 3. The molecule has 2 aromatic heterocycles. The maximum Gasteiger partial charge on any atom is 0.254 e. The van der Waals surface area contributed by atoms with E-state index in [-0.39, 0.29) is 24.2 Å². The van der Waals surface area contributed by atoms with Gasteiger partial charge in [-0.3, -0.25) is 14.7 Å². The molecule has 0 bridgehead atoms. The van der Waals surface area contributed by atoms with Gasteiger partial charge in [-0.15, -0.1) is 0 Å². The Morgan fingerprint density at radius 1 is 1.07 bits per heavy atom. The quantitative estimate of drug-likeness (QED) is 0.719. The van der Waals surface area contributed by atoms with E-state index in [0.717, 1.165) is 12.1 Å². The highest BCUT2D eigenvalue weighted by Crippen LogP contribution is 2.22. The summed E-state index contributed by atoms with van der Waals surface area (Å²) < 4.78 is 41.3. The van der Waals surface area contributed by atoms with E-state index in [1.807, 2.05) is 0 Å². The normalized spacial score (nSPS) is 14.2. The van der Waals surface area contributed by atoms with Crippen LogP contribution in [-0.4, -0.2) is 26.4 Å². The summed E-state index contributed by atoms with van der Waals surface area (Å²) >= 11 is 0. The molecular formula is C19H15F3N4O. The van der Waals surface area contributed by atoms with Crippen LogP contribution in [0.2, 0.25) is 0 Å². The number of nitrogens with one attached hydrogen (secondary N) is 1. The summed E-state index contributed by atoms with van der Waals surface area (Å²) in [5, 5.41) is 0. The molecule has 0 aliphatic carbocycles. The molecule has 0 amide bonds. The predicted octanol–water partition coefficient (Wildman–Crippen LogP) is 2.81. The lowest BCUT2D eigenvalue weighted by Gasteiger charge is -2.28. The molecule has 3 aromatic rings. The van der Waals surface area contributed by atoms with E-state index in [9.17, 15) is 18.0 Å². The third-order valence-corrected chi connectivity index (χ3v) is 4.63. The van der Waals surface area contributed by atoms with Gasteiger partial charge in [0.15, 0.2) is 11.6 Å². The van der Waals surface area contributed by atoms with Gasteiger partial charge in [0.1, 0.15) is 11.6 Å². The second-order valence-electron chi connectivity index (χ2n) is 6.36. The van der Waals surface area contributed by atoms with Crippen molar-refractivity contribution in [3.05, 3.63) is 81.3 Å². The summed E-state index contributed by atoms with van der Waals surface area (Å²) in [6.45, 7) is 0.558. The Kier molecular flexibility index (Phi) is 4.49. The molecule has 0 saturated heterocycles. The summed E-state index contributed by atoms with van der Waals surface area (Å²) in [7, 11) is 0. The average Bonchev–Trinajstić information content (AvgIpc) is 2.68. The van der Waals surface area contributed by atoms with Gasteiger partial charge in [0.05, 0.1) is 5.69 Å². The van der Waals surface area contributed by atoms with Crippen LogP contribution in [0, 0.1) is 17.5 Å². The zero-order valence-corrected chi connectivity index (χ0v) is 14.2. The topological polar surface area (TPSA) is 61.9 Å². The highest BCUT2D eigenvalue weighted by atomic mass is 19.2. The van der Waals surface area contributed by atoms with Crippen molar-refractivity contribution in [1.29, 1.82) is 0 Å². The van der Waals surface area contributed by atoms with E-state index in [4.69, 9.17) is 0 Å². The number of aromatic amines is 1. The lowest BCUT2D eigenvalue weighted by molar-refractivity contribution is 0.232. The summed E-state index contributed by atoms with van der Waals surface area (Å²) in [6, 6.07) is 5.13. The minimum Gasteiger partial charge on any atom is -0.306 e. The van der Waals surface area contributed by atoms with Gasteiger partial charge < -0.3 is 4.98 Å². The lowest BCUT2D eigenvalue weighted by atomic mass is 10.0. The van der Waals surface area contributed by atoms with Crippen molar-refractivity contribution >= 4 is 0 Å². The van der Waals surface area contributed by atoms with E-state index in [0.29, 0.717) is 35.6 Å². The van der Waals surface area contributed by atoms with Crippen LogP contribution in [0.3, 0.4) is 0 Å². The molecule has 1 aliphatic rings. The standard InChI is InChI=1S/C19H15F3N4O/c20-14-1-2-15(21)17(22)13(14)9-26-8-5-12-16(10-26)24-18(25-19(12)27)11-3-6-23-7-4-11/h1-4,6-7H,5,8-10H2,(H,24,25,27). The highest BCUT2D eigenvalue weighted by molar-refractivity contribution is 5.54. The van der Waals surface area contributed by atoms with Gasteiger partial charge in [-0.05, 0) is 30.7 Å². The van der Waals surface area contributed by atoms with Gasteiger partial charge in [-0.25, -0.2) is 18.2 Å². The molecular weight excluding hydrogens is 357 g/mol. The minimum atomic E-state index is -1.18. The van der Waals surface area contributed by atoms with E-state index >= 15 is 0 Å². The Hall–Kier alpha value is -3.00. The van der Waals surface area contributed by atoms with Crippen molar-refractivity contribution in [3.63, 3.8) is 0 Å². The van der Waals surface area contributed by atoms with Gasteiger partial charge in [0.2, 0.25) is 0 Å². The van der Waals surface area contributed by atoms with Crippen molar-refractivity contribution < 1.29 is 13.2 Å². The molecule has 0 spiro atoms. The molecule has 0 fully saturated rings. The van der Waals surface area contributed by atoms with Crippen LogP contribution in [0.15, 0.2) is 41.5 Å². The maximum atomic E-state index is 13.9. The monoisotopic (exact) mass is 372 g/mol. The second kappa shape index (κ2) is 6.96. The van der Waals surface area contributed by atoms with Crippen molar-refractivity contribution in [2.75, 3.05) is 6.54 Å². The zero-order valence-electron chi connectivity index (χ0n) is 14.2. The number of fused-ring (bicyclic) bond motifs is 1. The second-order valence-corrected chi connectivity index (χ2v) is 6.36. The van der Waals surface area contributed by atoms with Crippen molar-refractivity contribution in [1.82, 2.24) is 19.9 Å². The first-order valence-electron chi connectivity index (χ1n) is 8.40. The van der Waals surface area contributed by atoms with Crippen molar-refractivity contribution in [2.45, 2.75) is 19.5 Å². The molecule has 0 saturated carbocycles. The van der Waals surface area contributed by atoms with Gasteiger partial charge in [0.25, 0.3) is 5.56 Å². The molecule has 0 unspecified atom stereocenters. The molecule has 5 nitrogen and oxygen atoms in total. The fourth-order valence-electron chi connectivity index (χ4n) is 3.21. The Morgan fingerprint density at radius 3 is 2.59 bits per heavy atom. The van der Waals surface area contributed by atoms with Gasteiger partial charge in [-0.1, -0.05) is 0 Å². The summed E-state index contributed by atoms with van der Waals surface area (Å²) in [6.07, 6.45) is 3.58. The molecule has 3 heterocycles. The first-order chi connectivity index (χ1) is 13.0. The minimum absolute atomic E-state index is 0.103. The molecule has 1 N–H and O–H groups in total. The zero-order chi connectivity index (χ0) is 19.0. The molecule has 0 atom stereocenters. The Bertz CT molecular complexity index is 1050. The van der Waals surface area contributed by atoms with E-state index < -0.39 is 17.5 Å². The summed E-state index contributed by atoms with van der Waals surface area (Å²) in [5.74, 6) is -2.65. The van der Waals surface area contributed by atoms with Crippen LogP contribution >= 0.6 is 0 Å². The molecule has 1 aromatic carbocycles. The Balaban J connectivity index is 1.64. The van der Waals surface area contributed by atoms with E-state index in [2.05, 4.69) is 15.0 Å². The SMILES string of the molecule is O=c1[nH]c(-c2ccncc2)nc2c1CCN(Cc1c(F)ccc(F)c1F)C2. The van der Waals surface area contributed by atoms with Gasteiger partial charge in [-0.2, -0.15) is 0 Å². The van der Waals surface area contributed by atoms with Crippen LogP contribution in [0.1, 0.15) is 16.8 Å². The largest absolute Gasteiger partial charge is 0.306 e. The average molecular weight is 372 g/mol. The number of hydrogen-bond acceptors (Lipinski definition) is 4. The number of benzene rings is 1. The van der Waals surface area contributed by atoms with Crippen LogP contribution in [0.4, 0.5) is 13.2 Å². The molecule has 27 heavy (non-hydrogen) atoms. The number of halogens is 3. The fraction of sp³-hybridized carbons (Fsp3) is 0.211. The molecule has 138 valence electrons. The molecule has 0 radical (unpaired) electrons. The number of nitrogens with zero attached hydrogens (tertiary/aromatic N) is 3. The Morgan fingerprint density at radius 2 is 1.81 bits per heavy atom. The summed E-state index contributed by atoms with van der Waals surface area (Å²) in [4.78, 5) is 25.3. The highest BCUT2D eigenvalue weighted by Gasteiger charge is 2.24. The van der Waals surface area contributed by atoms with Crippen LogP contribution in [0.5, 0.6) is 0 Å². The number of hydrogen-bond donors (Lipinski definition) is 1. The smallest absolute Gasteiger partial charge is 0.254 e. The van der Waals surface area contributed by atoms with E-state index in [1.54, 1.807) is 29.4 Å². The molecule has 4 rings (SSSR count).